The lowest BCUT2D eigenvalue weighted by atomic mass is 10.1. The molecule has 0 saturated carbocycles. The SMILES string of the molecule is O=C(NCc1ccc(COCC(F)(F)F)cc1)c1ccco1. The molecule has 4 nitrogen and oxygen atoms in total. The van der Waals surface area contributed by atoms with E-state index in [1.54, 1.807) is 36.4 Å². The van der Waals surface area contributed by atoms with Crippen LogP contribution in [0.3, 0.4) is 0 Å². The summed E-state index contributed by atoms with van der Waals surface area (Å²) < 4.78 is 45.3. The van der Waals surface area contributed by atoms with Gasteiger partial charge in [0.05, 0.1) is 12.9 Å². The minimum Gasteiger partial charge on any atom is -0.459 e. The summed E-state index contributed by atoms with van der Waals surface area (Å²) in [4.78, 5) is 11.6. The average Bonchev–Trinajstić information content (AvgIpc) is 2.99. The molecule has 0 unspecified atom stereocenters. The molecule has 0 radical (unpaired) electrons. The zero-order valence-corrected chi connectivity index (χ0v) is 11.5. The van der Waals surface area contributed by atoms with Crippen molar-refractivity contribution in [3.63, 3.8) is 0 Å². The van der Waals surface area contributed by atoms with E-state index in [9.17, 15) is 18.0 Å². The van der Waals surface area contributed by atoms with Gasteiger partial charge in [-0.1, -0.05) is 24.3 Å². The second-order valence-corrected chi connectivity index (χ2v) is 4.58. The fourth-order valence-electron chi connectivity index (χ4n) is 1.72. The molecule has 22 heavy (non-hydrogen) atoms. The third kappa shape index (κ3) is 5.25. The molecule has 1 heterocycles. The van der Waals surface area contributed by atoms with Crippen molar-refractivity contribution in [3.05, 3.63) is 59.5 Å². The molecule has 2 rings (SSSR count). The second-order valence-electron chi connectivity index (χ2n) is 4.58. The number of ether oxygens (including phenoxy) is 1. The smallest absolute Gasteiger partial charge is 0.411 e. The van der Waals surface area contributed by atoms with Gasteiger partial charge in [0.1, 0.15) is 6.61 Å². The molecule has 118 valence electrons. The highest BCUT2D eigenvalue weighted by Gasteiger charge is 2.27. The van der Waals surface area contributed by atoms with Crippen molar-refractivity contribution in [2.45, 2.75) is 19.3 Å². The van der Waals surface area contributed by atoms with E-state index in [1.165, 1.54) is 6.26 Å². The Bertz CT molecular complexity index is 591. The number of amides is 1. The Labute approximate surface area is 124 Å². The highest BCUT2D eigenvalue weighted by atomic mass is 19.4. The van der Waals surface area contributed by atoms with Crippen LogP contribution in [0.25, 0.3) is 0 Å². The van der Waals surface area contributed by atoms with Gasteiger partial charge in [0.15, 0.2) is 5.76 Å². The highest BCUT2D eigenvalue weighted by molar-refractivity contribution is 5.91. The zero-order chi connectivity index (χ0) is 16.0. The molecular formula is C15H14F3NO3. The summed E-state index contributed by atoms with van der Waals surface area (Å²) in [6, 6.07) is 9.92. The number of hydrogen-bond acceptors (Lipinski definition) is 3. The molecule has 0 atom stereocenters. The normalized spacial score (nSPS) is 11.4. The van der Waals surface area contributed by atoms with Crippen molar-refractivity contribution in [1.29, 1.82) is 0 Å². The minimum absolute atomic E-state index is 0.113. The van der Waals surface area contributed by atoms with Crippen molar-refractivity contribution < 1.29 is 27.1 Å². The lowest BCUT2D eigenvalue weighted by molar-refractivity contribution is -0.176. The van der Waals surface area contributed by atoms with Crippen LogP contribution < -0.4 is 5.32 Å². The molecule has 0 aliphatic heterocycles. The molecule has 0 spiro atoms. The summed E-state index contributed by atoms with van der Waals surface area (Å²) in [5, 5.41) is 2.67. The maximum absolute atomic E-state index is 11.9. The summed E-state index contributed by atoms with van der Waals surface area (Å²) in [6.07, 6.45) is -2.92. The molecule has 0 fully saturated rings. The van der Waals surface area contributed by atoms with Crippen LogP contribution in [-0.2, 0) is 17.9 Å². The number of benzene rings is 1. The quantitative estimate of drug-likeness (QED) is 0.890. The second kappa shape index (κ2) is 7.13. The van der Waals surface area contributed by atoms with Gasteiger partial charge in [0.2, 0.25) is 0 Å². The van der Waals surface area contributed by atoms with Gasteiger partial charge < -0.3 is 14.5 Å². The Morgan fingerprint density at radius 3 is 2.41 bits per heavy atom. The lowest BCUT2D eigenvalue weighted by Crippen LogP contribution is -2.22. The predicted molar refractivity (Wildman–Crippen MR) is 72.0 cm³/mol. The summed E-state index contributed by atoms with van der Waals surface area (Å²) in [5.41, 5.74) is 1.45. The van der Waals surface area contributed by atoms with Crippen molar-refractivity contribution in [1.82, 2.24) is 5.32 Å². The fourth-order valence-corrected chi connectivity index (χ4v) is 1.72. The number of nitrogens with one attached hydrogen (secondary N) is 1. The minimum atomic E-state index is -4.32. The fraction of sp³-hybridized carbons (Fsp3) is 0.267. The summed E-state index contributed by atoms with van der Waals surface area (Å²) in [6.45, 7) is -1.09. The first-order chi connectivity index (χ1) is 10.4. The first kappa shape index (κ1) is 16.1. The van der Waals surface area contributed by atoms with E-state index >= 15 is 0 Å². The van der Waals surface area contributed by atoms with E-state index in [0.717, 1.165) is 5.56 Å². The van der Waals surface area contributed by atoms with Gasteiger partial charge in [-0.25, -0.2) is 0 Å². The molecule has 0 bridgehead atoms. The van der Waals surface area contributed by atoms with Crippen LogP contribution in [0.15, 0.2) is 47.1 Å². The first-order valence-electron chi connectivity index (χ1n) is 6.48. The maximum atomic E-state index is 11.9. The Hall–Kier alpha value is -2.28. The Morgan fingerprint density at radius 1 is 1.14 bits per heavy atom. The first-order valence-corrected chi connectivity index (χ1v) is 6.48. The predicted octanol–water partition coefficient (Wildman–Crippen LogP) is 3.29. The van der Waals surface area contributed by atoms with Gasteiger partial charge in [0, 0.05) is 6.54 Å². The van der Waals surface area contributed by atoms with E-state index in [2.05, 4.69) is 10.1 Å². The summed E-state index contributed by atoms with van der Waals surface area (Å²) >= 11 is 0. The van der Waals surface area contributed by atoms with Gasteiger partial charge in [-0.15, -0.1) is 0 Å². The molecule has 0 aliphatic carbocycles. The van der Waals surface area contributed by atoms with E-state index in [0.29, 0.717) is 12.1 Å². The zero-order valence-electron chi connectivity index (χ0n) is 11.5. The number of carbonyl (C=O) groups excluding carboxylic acids is 1. The Kier molecular flexibility index (Phi) is 5.21. The van der Waals surface area contributed by atoms with Gasteiger partial charge >= 0.3 is 6.18 Å². The molecule has 0 aliphatic rings. The Balaban J connectivity index is 1.78. The van der Waals surface area contributed by atoms with Crippen LogP contribution in [0, 0.1) is 0 Å². The average molecular weight is 313 g/mol. The van der Waals surface area contributed by atoms with Gasteiger partial charge in [-0.3, -0.25) is 4.79 Å². The van der Waals surface area contributed by atoms with Crippen LogP contribution in [0.1, 0.15) is 21.7 Å². The number of hydrogen-bond donors (Lipinski definition) is 1. The summed E-state index contributed by atoms with van der Waals surface area (Å²) in [5.74, 6) is -0.111. The molecule has 1 amide bonds. The molecule has 1 N–H and O–H groups in total. The number of rotatable bonds is 6. The van der Waals surface area contributed by atoms with Crippen LogP contribution in [0.5, 0.6) is 0 Å². The number of furan rings is 1. The third-order valence-corrected chi connectivity index (χ3v) is 2.76. The lowest BCUT2D eigenvalue weighted by Gasteiger charge is -2.08. The Morgan fingerprint density at radius 2 is 1.82 bits per heavy atom. The molecule has 1 aromatic carbocycles. The van der Waals surface area contributed by atoms with E-state index in [1.807, 2.05) is 0 Å². The monoisotopic (exact) mass is 313 g/mol. The van der Waals surface area contributed by atoms with Crippen LogP contribution in [-0.4, -0.2) is 18.7 Å². The van der Waals surface area contributed by atoms with Crippen molar-refractivity contribution in [2.75, 3.05) is 6.61 Å². The van der Waals surface area contributed by atoms with Gasteiger partial charge in [-0.2, -0.15) is 13.2 Å². The van der Waals surface area contributed by atoms with Crippen LogP contribution in [0.4, 0.5) is 13.2 Å². The van der Waals surface area contributed by atoms with E-state index in [-0.39, 0.29) is 18.3 Å². The van der Waals surface area contributed by atoms with Crippen molar-refractivity contribution in [2.24, 2.45) is 0 Å². The third-order valence-electron chi connectivity index (χ3n) is 2.76. The number of alkyl halides is 3. The van der Waals surface area contributed by atoms with Gasteiger partial charge in [0.25, 0.3) is 5.91 Å². The number of carbonyl (C=O) groups is 1. The largest absolute Gasteiger partial charge is 0.459 e. The molecular weight excluding hydrogens is 299 g/mol. The van der Waals surface area contributed by atoms with Crippen LogP contribution >= 0.6 is 0 Å². The molecule has 2 aromatic rings. The van der Waals surface area contributed by atoms with Crippen molar-refractivity contribution >= 4 is 5.91 Å². The van der Waals surface area contributed by atoms with Crippen LogP contribution in [0.2, 0.25) is 0 Å². The molecule has 1 aromatic heterocycles. The van der Waals surface area contributed by atoms with E-state index in [4.69, 9.17) is 4.42 Å². The topological polar surface area (TPSA) is 51.5 Å². The molecule has 0 saturated heterocycles. The number of halogens is 3. The summed E-state index contributed by atoms with van der Waals surface area (Å²) in [7, 11) is 0. The maximum Gasteiger partial charge on any atom is 0.411 e. The standard InChI is InChI=1S/C15H14F3NO3/c16-15(17,18)10-21-9-12-5-3-11(4-6-12)8-19-14(20)13-2-1-7-22-13/h1-7H,8-10H2,(H,19,20). The molecule has 7 heteroatoms. The van der Waals surface area contributed by atoms with Gasteiger partial charge in [-0.05, 0) is 23.3 Å². The van der Waals surface area contributed by atoms with E-state index < -0.39 is 12.8 Å². The highest BCUT2D eigenvalue weighted by Crippen LogP contribution is 2.15. The van der Waals surface area contributed by atoms with Crippen molar-refractivity contribution in [3.8, 4) is 0 Å².